The highest BCUT2D eigenvalue weighted by molar-refractivity contribution is 5.99. The highest BCUT2D eigenvalue weighted by Gasteiger charge is 2.20. The molecule has 0 saturated carbocycles. The Morgan fingerprint density at radius 1 is 0.839 bits per heavy atom. The van der Waals surface area contributed by atoms with E-state index in [0.29, 0.717) is 13.1 Å². The number of carbonyl (C=O) groups excluding carboxylic acids is 2. The van der Waals surface area contributed by atoms with Gasteiger partial charge in [-0.3, -0.25) is 0 Å². The van der Waals surface area contributed by atoms with Crippen molar-refractivity contribution in [2.45, 2.75) is 33.1 Å². The molecule has 3 N–H and O–H groups in total. The minimum absolute atomic E-state index is 0.0306. The normalized spacial score (nSPS) is 13.6. The number of amides is 4. The molecule has 1 saturated heterocycles. The van der Waals surface area contributed by atoms with Gasteiger partial charge in [0, 0.05) is 49.8 Å². The van der Waals surface area contributed by atoms with Crippen LogP contribution in [-0.2, 0) is 6.42 Å². The van der Waals surface area contributed by atoms with Crippen LogP contribution in [0.4, 0.5) is 26.7 Å². The summed E-state index contributed by atoms with van der Waals surface area (Å²) in [7, 11) is 0. The standard InChI is InChI=1S/C24H33N5O2/c1-3-5-14-25-24(31)29-17-15-28(16-18-29)22-12-10-21(11-13-22)27-23(30)26-20-8-6-19(4-2)7-9-20/h6-13H,3-5,14-18H2,1-2H3,(H,25,31)(H2,26,27,30). The number of hydrogen-bond acceptors (Lipinski definition) is 3. The summed E-state index contributed by atoms with van der Waals surface area (Å²) in [5.74, 6) is 0. The van der Waals surface area contributed by atoms with E-state index in [2.05, 4.69) is 34.7 Å². The first-order valence-electron chi connectivity index (χ1n) is 11.1. The molecule has 1 aliphatic heterocycles. The van der Waals surface area contributed by atoms with E-state index in [4.69, 9.17) is 0 Å². The SMILES string of the molecule is CCCCNC(=O)N1CCN(c2ccc(NC(=O)Nc3ccc(CC)cc3)cc2)CC1. The second kappa shape index (κ2) is 11.2. The molecule has 2 aromatic carbocycles. The van der Waals surface area contributed by atoms with Gasteiger partial charge in [-0.1, -0.05) is 32.4 Å². The van der Waals surface area contributed by atoms with Crippen LogP contribution in [0.15, 0.2) is 48.5 Å². The summed E-state index contributed by atoms with van der Waals surface area (Å²) in [4.78, 5) is 28.6. The molecule has 7 heteroatoms. The fourth-order valence-corrected chi connectivity index (χ4v) is 3.52. The Hall–Kier alpha value is -3.22. The largest absolute Gasteiger partial charge is 0.368 e. The molecule has 1 fully saturated rings. The predicted octanol–water partition coefficient (Wildman–Crippen LogP) is 4.52. The Balaban J connectivity index is 1.45. The fraction of sp³-hybridized carbons (Fsp3) is 0.417. The van der Waals surface area contributed by atoms with Gasteiger partial charge in [-0.15, -0.1) is 0 Å². The smallest absolute Gasteiger partial charge is 0.323 e. The van der Waals surface area contributed by atoms with Gasteiger partial charge in [-0.25, -0.2) is 9.59 Å². The fourth-order valence-electron chi connectivity index (χ4n) is 3.52. The number of carbonyl (C=O) groups is 2. The number of aryl methyl sites for hydroxylation is 1. The van der Waals surface area contributed by atoms with E-state index in [1.807, 2.05) is 53.4 Å². The van der Waals surface area contributed by atoms with Crippen molar-refractivity contribution in [2.24, 2.45) is 0 Å². The van der Waals surface area contributed by atoms with Crippen LogP contribution in [0.2, 0.25) is 0 Å². The monoisotopic (exact) mass is 423 g/mol. The first-order chi connectivity index (χ1) is 15.1. The maximum atomic E-state index is 12.2. The van der Waals surface area contributed by atoms with E-state index < -0.39 is 0 Å². The van der Waals surface area contributed by atoms with Crippen molar-refractivity contribution < 1.29 is 9.59 Å². The zero-order valence-corrected chi connectivity index (χ0v) is 18.5. The summed E-state index contributed by atoms with van der Waals surface area (Å²) in [6.07, 6.45) is 3.06. The molecule has 0 aromatic heterocycles. The van der Waals surface area contributed by atoms with E-state index in [1.54, 1.807) is 0 Å². The summed E-state index contributed by atoms with van der Waals surface area (Å²) in [6.45, 7) is 7.95. The molecule has 0 spiro atoms. The van der Waals surface area contributed by atoms with Gasteiger partial charge < -0.3 is 25.8 Å². The molecule has 0 atom stereocenters. The first-order valence-corrected chi connectivity index (χ1v) is 11.1. The Morgan fingerprint density at radius 3 is 1.97 bits per heavy atom. The van der Waals surface area contributed by atoms with Gasteiger partial charge in [0.15, 0.2) is 0 Å². The van der Waals surface area contributed by atoms with Crippen molar-refractivity contribution >= 4 is 29.1 Å². The maximum Gasteiger partial charge on any atom is 0.323 e. The Bertz CT molecular complexity index is 843. The van der Waals surface area contributed by atoms with Gasteiger partial charge in [-0.05, 0) is 54.8 Å². The van der Waals surface area contributed by atoms with E-state index in [-0.39, 0.29) is 12.1 Å². The molecule has 1 heterocycles. The van der Waals surface area contributed by atoms with Gasteiger partial charge in [0.1, 0.15) is 0 Å². The van der Waals surface area contributed by atoms with Crippen molar-refractivity contribution in [1.82, 2.24) is 10.2 Å². The average Bonchev–Trinajstić information content (AvgIpc) is 2.80. The molecule has 166 valence electrons. The number of unbranched alkanes of at least 4 members (excludes halogenated alkanes) is 1. The molecule has 31 heavy (non-hydrogen) atoms. The average molecular weight is 424 g/mol. The van der Waals surface area contributed by atoms with Crippen LogP contribution in [0.25, 0.3) is 0 Å². The molecule has 1 aliphatic rings. The number of urea groups is 2. The van der Waals surface area contributed by atoms with Gasteiger partial charge in [0.2, 0.25) is 0 Å². The summed E-state index contributed by atoms with van der Waals surface area (Å²) in [6, 6.07) is 15.4. The molecule has 0 aliphatic carbocycles. The molecule has 2 aromatic rings. The van der Waals surface area contributed by atoms with Gasteiger partial charge in [-0.2, -0.15) is 0 Å². The number of anilines is 3. The maximum absolute atomic E-state index is 12.2. The van der Waals surface area contributed by atoms with Crippen molar-refractivity contribution in [1.29, 1.82) is 0 Å². The quantitative estimate of drug-likeness (QED) is 0.573. The molecule has 3 rings (SSSR count). The van der Waals surface area contributed by atoms with Crippen molar-refractivity contribution in [3.05, 3.63) is 54.1 Å². The topological polar surface area (TPSA) is 76.7 Å². The minimum atomic E-state index is -0.264. The highest BCUT2D eigenvalue weighted by Crippen LogP contribution is 2.20. The molecule has 7 nitrogen and oxygen atoms in total. The van der Waals surface area contributed by atoms with Gasteiger partial charge in [0.25, 0.3) is 0 Å². The zero-order chi connectivity index (χ0) is 22.1. The van der Waals surface area contributed by atoms with Gasteiger partial charge >= 0.3 is 12.1 Å². The Morgan fingerprint density at radius 2 is 1.42 bits per heavy atom. The lowest BCUT2D eigenvalue weighted by molar-refractivity contribution is 0.194. The number of hydrogen-bond donors (Lipinski definition) is 3. The molecular weight excluding hydrogens is 390 g/mol. The third-order valence-corrected chi connectivity index (χ3v) is 5.48. The van der Waals surface area contributed by atoms with E-state index in [0.717, 1.165) is 56.0 Å². The zero-order valence-electron chi connectivity index (χ0n) is 18.5. The Kier molecular flexibility index (Phi) is 8.15. The van der Waals surface area contributed by atoms with Crippen LogP contribution in [0.5, 0.6) is 0 Å². The second-order valence-electron chi connectivity index (χ2n) is 7.74. The molecular formula is C24H33N5O2. The third kappa shape index (κ3) is 6.64. The highest BCUT2D eigenvalue weighted by atomic mass is 16.2. The number of nitrogens with zero attached hydrogens (tertiary/aromatic N) is 2. The third-order valence-electron chi connectivity index (χ3n) is 5.48. The summed E-state index contributed by atoms with van der Waals surface area (Å²) < 4.78 is 0. The van der Waals surface area contributed by atoms with Crippen LogP contribution in [0.3, 0.4) is 0 Å². The lowest BCUT2D eigenvalue weighted by Crippen LogP contribution is -2.52. The van der Waals surface area contributed by atoms with E-state index in [9.17, 15) is 9.59 Å². The summed E-state index contributed by atoms with van der Waals surface area (Å²) >= 11 is 0. The molecule has 0 bridgehead atoms. The van der Waals surface area contributed by atoms with E-state index in [1.165, 1.54) is 5.56 Å². The molecule has 4 amide bonds. The van der Waals surface area contributed by atoms with Crippen LogP contribution in [0, 0.1) is 0 Å². The second-order valence-corrected chi connectivity index (χ2v) is 7.74. The molecule has 0 radical (unpaired) electrons. The van der Waals surface area contributed by atoms with Crippen LogP contribution in [0.1, 0.15) is 32.3 Å². The molecule has 0 unspecified atom stereocenters. The minimum Gasteiger partial charge on any atom is -0.368 e. The van der Waals surface area contributed by atoms with Crippen molar-refractivity contribution in [2.75, 3.05) is 48.3 Å². The number of benzene rings is 2. The summed E-state index contributed by atoms with van der Waals surface area (Å²) in [5, 5.41) is 8.69. The van der Waals surface area contributed by atoms with Crippen molar-refractivity contribution in [3.8, 4) is 0 Å². The number of piperazine rings is 1. The van der Waals surface area contributed by atoms with Crippen molar-refractivity contribution in [3.63, 3.8) is 0 Å². The van der Waals surface area contributed by atoms with E-state index >= 15 is 0 Å². The van der Waals surface area contributed by atoms with Gasteiger partial charge in [0.05, 0.1) is 0 Å². The summed E-state index contributed by atoms with van der Waals surface area (Å²) in [5.41, 5.74) is 3.83. The lowest BCUT2D eigenvalue weighted by atomic mass is 10.1. The van der Waals surface area contributed by atoms with Crippen LogP contribution < -0.4 is 20.9 Å². The Labute approximate surface area is 184 Å². The number of nitrogens with one attached hydrogen (secondary N) is 3. The number of rotatable bonds is 7. The lowest BCUT2D eigenvalue weighted by Gasteiger charge is -2.36. The predicted molar refractivity (Wildman–Crippen MR) is 127 cm³/mol. The van der Waals surface area contributed by atoms with Crippen LogP contribution in [-0.4, -0.2) is 49.7 Å². The van der Waals surface area contributed by atoms with Crippen LogP contribution >= 0.6 is 0 Å². The first kappa shape index (κ1) is 22.5.